The lowest BCUT2D eigenvalue weighted by atomic mass is 9.73. The highest BCUT2D eigenvalue weighted by Gasteiger charge is 2.45. The second kappa shape index (κ2) is 12.6. The van der Waals surface area contributed by atoms with Gasteiger partial charge in [-0.05, 0) is 68.1 Å². The molecule has 0 bridgehead atoms. The van der Waals surface area contributed by atoms with E-state index in [-0.39, 0.29) is 6.10 Å². The number of aryl methyl sites for hydroxylation is 1. The van der Waals surface area contributed by atoms with Gasteiger partial charge in [-0.3, -0.25) is 9.88 Å². The first kappa shape index (κ1) is 31.0. The molecule has 2 aromatic rings. The molecule has 1 spiro atoms. The summed E-state index contributed by atoms with van der Waals surface area (Å²) in [6.45, 7) is 5.53. The lowest BCUT2D eigenvalue weighted by Gasteiger charge is -2.40. The molecule has 38 heavy (non-hydrogen) atoms. The number of pyridine rings is 1. The predicted octanol–water partition coefficient (Wildman–Crippen LogP) is 5.28. The maximum absolute atomic E-state index is 10.6. The van der Waals surface area contributed by atoms with Crippen LogP contribution in [-0.2, 0) is 26.3 Å². The van der Waals surface area contributed by atoms with E-state index in [1.54, 1.807) is 5.56 Å². The van der Waals surface area contributed by atoms with Crippen LogP contribution in [0.4, 0.5) is 26.3 Å². The van der Waals surface area contributed by atoms with Gasteiger partial charge in [0.25, 0.3) is 0 Å². The van der Waals surface area contributed by atoms with Crippen LogP contribution >= 0.6 is 0 Å². The van der Waals surface area contributed by atoms with E-state index in [1.807, 2.05) is 19.5 Å². The van der Waals surface area contributed by atoms with Crippen molar-refractivity contribution in [3.63, 3.8) is 0 Å². The molecule has 1 fully saturated rings. The molecule has 2 heterocycles. The fourth-order valence-electron chi connectivity index (χ4n) is 4.58. The minimum Gasteiger partial charge on any atom is -0.475 e. The second-order valence-electron chi connectivity index (χ2n) is 9.04. The van der Waals surface area contributed by atoms with Gasteiger partial charge in [0.15, 0.2) is 0 Å². The van der Waals surface area contributed by atoms with Gasteiger partial charge in [0, 0.05) is 31.5 Å². The molecule has 2 N–H and O–H groups in total. The van der Waals surface area contributed by atoms with E-state index < -0.39 is 24.3 Å². The van der Waals surface area contributed by atoms with E-state index in [4.69, 9.17) is 24.5 Å². The molecule has 0 radical (unpaired) electrons. The zero-order chi connectivity index (χ0) is 28.7. The van der Waals surface area contributed by atoms with Gasteiger partial charge in [0.05, 0.1) is 6.10 Å². The number of carboxylic acid groups (broad SMARTS) is 2. The zero-order valence-corrected chi connectivity index (χ0v) is 20.6. The number of aromatic nitrogens is 1. The van der Waals surface area contributed by atoms with Gasteiger partial charge >= 0.3 is 24.3 Å². The Hall–Kier alpha value is -3.19. The van der Waals surface area contributed by atoms with Crippen molar-refractivity contribution in [1.29, 1.82) is 0 Å². The number of halogens is 6. The summed E-state index contributed by atoms with van der Waals surface area (Å²) in [5.41, 5.74) is 5.99. The fraction of sp³-hybridized carbons (Fsp3) is 0.480. The lowest BCUT2D eigenvalue weighted by Crippen LogP contribution is -2.41. The largest absolute Gasteiger partial charge is 0.490 e. The number of likely N-dealkylation sites (tertiary alicyclic amines) is 1. The van der Waals surface area contributed by atoms with Crippen LogP contribution in [0, 0.1) is 6.92 Å². The van der Waals surface area contributed by atoms with E-state index >= 15 is 0 Å². The number of alkyl halides is 6. The van der Waals surface area contributed by atoms with Crippen molar-refractivity contribution in [2.75, 3.05) is 20.2 Å². The highest BCUT2D eigenvalue weighted by molar-refractivity contribution is 5.73. The van der Waals surface area contributed by atoms with Crippen molar-refractivity contribution in [1.82, 2.24) is 9.88 Å². The van der Waals surface area contributed by atoms with Crippen LogP contribution in [0.5, 0.6) is 0 Å². The van der Waals surface area contributed by atoms with E-state index in [9.17, 15) is 26.3 Å². The molecule has 1 unspecified atom stereocenters. The van der Waals surface area contributed by atoms with Crippen molar-refractivity contribution in [3.8, 4) is 0 Å². The summed E-state index contributed by atoms with van der Waals surface area (Å²) in [4.78, 5) is 24.5. The van der Waals surface area contributed by atoms with E-state index in [1.165, 1.54) is 29.5 Å². The highest BCUT2D eigenvalue weighted by Crippen LogP contribution is 2.52. The summed E-state index contributed by atoms with van der Waals surface area (Å²) in [6.07, 6.45) is -2.52. The number of aliphatic carboxylic acids is 2. The molecule has 0 saturated carbocycles. The van der Waals surface area contributed by atoms with Crippen LogP contribution in [-0.4, -0.2) is 64.6 Å². The minimum absolute atomic E-state index is 0.270. The first-order valence-corrected chi connectivity index (χ1v) is 11.4. The monoisotopic (exact) mass is 550 g/mol. The first-order chi connectivity index (χ1) is 17.6. The molecule has 210 valence electrons. The lowest BCUT2D eigenvalue weighted by molar-refractivity contribution is -0.193. The quantitative estimate of drug-likeness (QED) is 0.502. The number of hydrogen-bond acceptors (Lipinski definition) is 5. The molecule has 2 aliphatic rings. The smallest absolute Gasteiger partial charge is 0.475 e. The average Bonchev–Trinajstić information content (AvgIpc) is 3.13. The number of rotatable bonds is 3. The van der Waals surface area contributed by atoms with Crippen molar-refractivity contribution in [3.05, 3.63) is 65.0 Å². The summed E-state index contributed by atoms with van der Waals surface area (Å²) in [7, 11) is 1.86. The molecule has 1 aliphatic heterocycles. The van der Waals surface area contributed by atoms with Crippen molar-refractivity contribution in [2.24, 2.45) is 0 Å². The fourth-order valence-corrected chi connectivity index (χ4v) is 4.58. The van der Waals surface area contributed by atoms with E-state index in [2.05, 4.69) is 47.1 Å². The summed E-state index contributed by atoms with van der Waals surface area (Å²) in [5.74, 6) is -5.51. The molecule has 1 aliphatic carbocycles. The number of methoxy groups -OCH3 is 1. The number of carbonyl (C=O) groups is 2. The van der Waals surface area contributed by atoms with Gasteiger partial charge in [-0.25, -0.2) is 9.59 Å². The van der Waals surface area contributed by atoms with Crippen molar-refractivity contribution < 1.29 is 50.9 Å². The molecular formula is C25H28F6N2O5. The SMILES string of the molecule is COC1CC2(CCN(Cc3ccncc3)CC2)c2ccc(C)cc21.O=C(O)C(F)(F)F.O=C(O)C(F)(F)F. The normalized spacial score (nSPS) is 18.5. The predicted molar refractivity (Wildman–Crippen MR) is 123 cm³/mol. The van der Waals surface area contributed by atoms with Gasteiger partial charge in [0.2, 0.25) is 0 Å². The number of fused-ring (bicyclic) bond motifs is 2. The maximum atomic E-state index is 10.6. The molecule has 13 heteroatoms. The Morgan fingerprint density at radius 1 is 1.00 bits per heavy atom. The summed E-state index contributed by atoms with van der Waals surface area (Å²) in [6, 6.07) is 11.2. The van der Waals surface area contributed by atoms with Crippen LogP contribution in [0.15, 0.2) is 42.7 Å². The first-order valence-electron chi connectivity index (χ1n) is 11.4. The third-order valence-corrected chi connectivity index (χ3v) is 6.44. The molecule has 7 nitrogen and oxygen atoms in total. The number of nitrogens with zero attached hydrogens (tertiary/aromatic N) is 2. The number of carboxylic acids is 2. The van der Waals surface area contributed by atoms with Crippen LogP contribution < -0.4 is 0 Å². The third kappa shape index (κ3) is 8.42. The Bertz CT molecular complexity index is 1060. The average molecular weight is 550 g/mol. The Kier molecular flexibility index (Phi) is 10.3. The Balaban J connectivity index is 0.000000301. The minimum atomic E-state index is -5.08. The van der Waals surface area contributed by atoms with Crippen LogP contribution in [0.25, 0.3) is 0 Å². The van der Waals surface area contributed by atoms with Gasteiger partial charge in [-0.1, -0.05) is 23.8 Å². The molecule has 1 aromatic heterocycles. The number of hydrogen-bond donors (Lipinski definition) is 2. The van der Waals surface area contributed by atoms with Crippen molar-refractivity contribution >= 4 is 11.9 Å². The zero-order valence-electron chi connectivity index (χ0n) is 20.6. The third-order valence-electron chi connectivity index (χ3n) is 6.44. The van der Waals surface area contributed by atoms with Crippen LogP contribution in [0.2, 0.25) is 0 Å². The number of piperidine rings is 1. The van der Waals surface area contributed by atoms with Gasteiger partial charge in [-0.2, -0.15) is 26.3 Å². The van der Waals surface area contributed by atoms with Crippen LogP contribution in [0.3, 0.4) is 0 Å². The number of ether oxygens (including phenoxy) is 1. The van der Waals surface area contributed by atoms with Crippen molar-refractivity contribution in [2.45, 2.75) is 56.6 Å². The van der Waals surface area contributed by atoms with Gasteiger partial charge < -0.3 is 14.9 Å². The summed E-state index contributed by atoms with van der Waals surface area (Å²) in [5, 5.41) is 14.2. The van der Waals surface area contributed by atoms with E-state index in [0.717, 1.165) is 26.1 Å². The molecule has 1 saturated heterocycles. The Morgan fingerprint density at radius 3 is 1.95 bits per heavy atom. The number of benzene rings is 1. The van der Waals surface area contributed by atoms with Gasteiger partial charge in [0.1, 0.15) is 0 Å². The Labute approximate surface area is 215 Å². The standard InChI is InChI=1S/C21H26N2O.2C2HF3O2/c1-16-3-4-19-18(13-16)20(24-2)14-21(19)7-11-23(12-8-21)15-17-5-9-22-10-6-17;2*3-2(4,5)1(6)7/h3-6,9-10,13,20H,7-8,11-12,14-15H2,1-2H3;2*(H,6,7). The molecule has 4 rings (SSSR count). The Morgan fingerprint density at radius 2 is 1.50 bits per heavy atom. The maximum Gasteiger partial charge on any atom is 0.490 e. The van der Waals surface area contributed by atoms with Crippen LogP contribution in [0.1, 0.15) is 47.6 Å². The van der Waals surface area contributed by atoms with Gasteiger partial charge in [-0.15, -0.1) is 0 Å². The highest BCUT2D eigenvalue weighted by atomic mass is 19.4. The van der Waals surface area contributed by atoms with E-state index in [0.29, 0.717) is 5.41 Å². The molecule has 0 amide bonds. The summed E-state index contributed by atoms with van der Waals surface area (Å²) < 4.78 is 69.3. The molecule has 1 atom stereocenters. The second-order valence-corrected chi connectivity index (χ2v) is 9.04. The summed E-state index contributed by atoms with van der Waals surface area (Å²) >= 11 is 0. The molecule has 1 aromatic carbocycles. The molecular weight excluding hydrogens is 522 g/mol. The topological polar surface area (TPSA) is 100.0 Å².